The molecule has 1 heterocycles. The van der Waals surface area contributed by atoms with E-state index in [9.17, 15) is 9.18 Å². The Balaban J connectivity index is 1.59. The molecule has 0 aliphatic carbocycles. The number of hydrogen-bond acceptors (Lipinski definition) is 2. The molecule has 3 rings (SSSR count). The van der Waals surface area contributed by atoms with Gasteiger partial charge in [-0.1, -0.05) is 29.3 Å². The Morgan fingerprint density at radius 3 is 2.64 bits per heavy atom. The highest BCUT2D eigenvalue weighted by atomic mass is 35.5. The van der Waals surface area contributed by atoms with Crippen LogP contribution in [0.1, 0.15) is 18.4 Å². The van der Waals surface area contributed by atoms with E-state index in [1.54, 1.807) is 18.2 Å². The summed E-state index contributed by atoms with van der Waals surface area (Å²) in [6.07, 6.45) is 1.81. The van der Waals surface area contributed by atoms with Crippen LogP contribution in [0.5, 0.6) is 0 Å². The minimum Gasteiger partial charge on any atom is -0.326 e. The number of rotatable bonds is 4. The minimum atomic E-state index is -0.316. The number of anilines is 1. The average molecular weight is 381 g/mol. The third-order valence-electron chi connectivity index (χ3n) is 4.38. The van der Waals surface area contributed by atoms with Gasteiger partial charge in [0.1, 0.15) is 5.82 Å². The quantitative estimate of drug-likeness (QED) is 0.810. The van der Waals surface area contributed by atoms with Crippen molar-refractivity contribution >= 4 is 34.8 Å². The molecule has 1 fully saturated rings. The monoisotopic (exact) mass is 380 g/mol. The molecule has 1 aliphatic heterocycles. The van der Waals surface area contributed by atoms with Gasteiger partial charge in [0.15, 0.2) is 0 Å². The van der Waals surface area contributed by atoms with Crippen LogP contribution in [0.2, 0.25) is 10.0 Å². The summed E-state index contributed by atoms with van der Waals surface area (Å²) in [6.45, 7) is 2.37. The van der Waals surface area contributed by atoms with Crippen molar-refractivity contribution in [2.24, 2.45) is 5.92 Å². The second kappa shape index (κ2) is 8.17. The summed E-state index contributed by atoms with van der Waals surface area (Å²) in [5.74, 6) is -0.421. The van der Waals surface area contributed by atoms with Crippen LogP contribution in [-0.4, -0.2) is 23.9 Å². The lowest BCUT2D eigenvalue weighted by Gasteiger charge is -2.32. The van der Waals surface area contributed by atoms with Crippen molar-refractivity contribution in [3.05, 3.63) is 63.9 Å². The zero-order valence-corrected chi connectivity index (χ0v) is 15.2. The summed E-state index contributed by atoms with van der Waals surface area (Å²) < 4.78 is 13.0. The van der Waals surface area contributed by atoms with Crippen LogP contribution in [-0.2, 0) is 11.3 Å². The van der Waals surface area contributed by atoms with Gasteiger partial charge in [-0.15, -0.1) is 0 Å². The number of benzene rings is 2. The average Bonchev–Trinajstić information content (AvgIpc) is 2.60. The van der Waals surface area contributed by atoms with Gasteiger partial charge < -0.3 is 5.32 Å². The van der Waals surface area contributed by atoms with Crippen LogP contribution in [0.15, 0.2) is 42.5 Å². The molecule has 0 aromatic heterocycles. The van der Waals surface area contributed by atoms with Gasteiger partial charge in [0.2, 0.25) is 5.91 Å². The minimum absolute atomic E-state index is 0.0227. The summed E-state index contributed by atoms with van der Waals surface area (Å²) >= 11 is 12.0. The van der Waals surface area contributed by atoms with Gasteiger partial charge in [0.25, 0.3) is 0 Å². The van der Waals surface area contributed by atoms with Crippen LogP contribution in [0.4, 0.5) is 10.1 Å². The number of amides is 1. The van der Waals surface area contributed by atoms with Crippen molar-refractivity contribution < 1.29 is 9.18 Å². The highest BCUT2D eigenvalue weighted by Crippen LogP contribution is 2.25. The Morgan fingerprint density at radius 2 is 1.92 bits per heavy atom. The molecule has 0 radical (unpaired) electrons. The first-order valence-electron chi connectivity index (χ1n) is 8.24. The van der Waals surface area contributed by atoms with E-state index in [-0.39, 0.29) is 17.6 Å². The predicted molar refractivity (Wildman–Crippen MR) is 99.5 cm³/mol. The fourth-order valence-electron chi connectivity index (χ4n) is 3.09. The lowest BCUT2D eigenvalue weighted by Crippen LogP contribution is -2.40. The summed E-state index contributed by atoms with van der Waals surface area (Å²) in [7, 11) is 0. The molecule has 1 unspecified atom stereocenters. The third-order valence-corrected chi connectivity index (χ3v) is 5.12. The highest BCUT2D eigenvalue weighted by Gasteiger charge is 2.26. The van der Waals surface area contributed by atoms with Crippen molar-refractivity contribution in [2.45, 2.75) is 19.4 Å². The smallest absolute Gasteiger partial charge is 0.228 e. The van der Waals surface area contributed by atoms with Crippen LogP contribution in [0.25, 0.3) is 0 Å². The lowest BCUT2D eigenvalue weighted by atomic mass is 9.96. The third kappa shape index (κ3) is 4.94. The lowest BCUT2D eigenvalue weighted by molar-refractivity contribution is -0.121. The largest absolute Gasteiger partial charge is 0.326 e. The van der Waals surface area contributed by atoms with E-state index in [2.05, 4.69) is 10.2 Å². The van der Waals surface area contributed by atoms with Crippen LogP contribution >= 0.6 is 23.2 Å². The number of halogens is 3. The Kier molecular flexibility index (Phi) is 5.94. The van der Waals surface area contributed by atoms with Crippen molar-refractivity contribution in [1.29, 1.82) is 0 Å². The number of nitrogens with one attached hydrogen (secondary N) is 1. The molecular weight excluding hydrogens is 362 g/mol. The zero-order valence-electron chi connectivity index (χ0n) is 13.6. The molecule has 2 aromatic carbocycles. The molecule has 1 amide bonds. The number of carbonyl (C=O) groups is 1. The first-order valence-corrected chi connectivity index (χ1v) is 8.99. The molecule has 6 heteroatoms. The van der Waals surface area contributed by atoms with Gasteiger partial charge in [-0.3, -0.25) is 9.69 Å². The number of piperidine rings is 1. The molecule has 0 spiro atoms. The Bertz CT molecular complexity index is 752. The topological polar surface area (TPSA) is 32.3 Å². The van der Waals surface area contributed by atoms with Crippen LogP contribution < -0.4 is 5.32 Å². The van der Waals surface area contributed by atoms with Gasteiger partial charge >= 0.3 is 0 Å². The maximum absolute atomic E-state index is 13.0. The number of likely N-dealkylation sites (tertiary alicyclic amines) is 1. The molecule has 132 valence electrons. The molecule has 0 saturated carbocycles. The summed E-state index contributed by atoms with van der Waals surface area (Å²) in [5.41, 5.74) is 1.70. The second-order valence-electron chi connectivity index (χ2n) is 6.32. The first-order chi connectivity index (χ1) is 12.0. The van der Waals surface area contributed by atoms with E-state index in [1.165, 1.54) is 12.1 Å². The molecule has 1 atom stereocenters. The fraction of sp³-hybridized carbons (Fsp3) is 0.316. The summed E-state index contributed by atoms with van der Waals surface area (Å²) in [4.78, 5) is 14.7. The van der Waals surface area contributed by atoms with Crippen molar-refractivity contribution in [3.8, 4) is 0 Å². The normalized spacial score (nSPS) is 18.1. The van der Waals surface area contributed by atoms with Crippen molar-refractivity contribution in [1.82, 2.24) is 4.90 Å². The molecule has 0 bridgehead atoms. The maximum atomic E-state index is 13.0. The molecule has 25 heavy (non-hydrogen) atoms. The van der Waals surface area contributed by atoms with E-state index in [4.69, 9.17) is 23.2 Å². The van der Waals surface area contributed by atoms with Crippen LogP contribution in [0, 0.1) is 11.7 Å². The maximum Gasteiger partial charge on any atom is 0.228 e. The molecule has 2 aromatic rings. The Labute approximate surface area is 156 Å². The molecule has 1 N–H and O–H groups in total. The fourth-order valence-corrected chi connectivity index (χ4v) is 3.41. The molecule has 1 aliphatic rings. The van der Waals surface area contributed by atoms with Gasteiger partial charge in [-0.05, 0) is 61.3 Å². The van der Waals surface area contributed by atoms with E-state index >= 15 is 0 Å². The molecular formula is C19H19Cl2FN2O. The van der Waals surface area contributed by atoms with Crippen molar-refractivity contribution in [2.75, 3.05) is 18.4 Å². The van der Waals surface area contributed by atoms with E-state index in [0.717, 1.165) is 31.5 Å². The number of carbonyl (C=O) groups excluding carboxylic acids is 1. The van der Waals surface area contributed by atoms with Gasteiger partial charge in [-0.25, -0.2) is 4.39 Å². The first kappa shape index (κ1) is 18.2. The summed E-state index contributed by atoms with van der Waals surface area (Å²) in [6, 6.07) is 11.4. The van der Waals surface area contributed by atoms with E-state index < -0.39 is 0 Å². The van der Waals surface area contributed by atoms with E-state index in [1.807, 2.05) is 12.1 Å². The highest BCUT2D eigenvalue weighted by molar-refractivity contribution is 6.42. The van der Waals surface area contributed by atoms with Gasteiger partial charge in [0, 0.05) is 18.8 Å². The Hall–Kier alpha value is -1.62. The zero-order chi connectivity index (χ0) is 17.8. The molecule has 1 saturated heterocycles. The SMILES string of the molecule is O=C(Nc1ccc(F)cc1)C1CCCN(Cc2ccc(Cl)c(Cl)c2)C1. The number of hydrogen-bond donors (Lipinski definition) is 1. The number of nitrogens with zero attached hydrogens (tertiary/aromatic N) is 1. The van der Waals surface area contributed by atoms with E-state index in [0.29, 0.717) is 22.3 Å². The van der Waals surface area contributed by atoms with Gasteiger partial charge in [0.05, 0.1) is 16.0 Å². The summed E-state index contributed by atoms with van der Waals surface area (Å²) in [5, 5.41) is 3.95. The Morgan fingerprint density at radius 1 is 1.16 bits per heavy atom. The van der Waals surface area contributed by atoms with Gasteiger partial charge in [-0.2, -0.15) is 0 Å². The van der Waals surface area contributed by atoms with Crippen molar-refractivity contribution in [3.63, 3.8) is 0 Å². The molecule has 3 nitrogen and oxygen atoms in total. The van der Waals surface area contributed by atoms with Crippen LogP contribution in [0.3, 0.4) is 0 Å². The standard InChI is InChI=1S/C19H19Cl2FN2O/c20-17-8-3-13(10-18(17)21)11-24-9-1-2-14(12-24)19(25)23-16-6-4-15(22)5-7-16/h3-8,10,14H,1-2,9,11-12H2,(H,23,25). The predicted octanol–water partition coefficient (Wildman–Crippen LogP) is 4.98. The second-order valence-corrected chi connectivity index (χ2v) is 7.13.